The molecule has 6 nitrogen and oxygen atoms in total. The number of hydrogen-bond donors (Lipinski definition) is 1. The van der Waals surface area contributed by atoms with Crippen LogP contribution in [0.25, 0.3) is 11.3 Å². The monoisotopic (exact) mass is 381 g/mol. The maximum absolute atomic E-state index is 13.4. The molecule has 0 unspecified atom stereocenters. The number of rotatable bonds is 5. The Kier molecular flexibility index (Phi) is 4.73. The van der Waals surface area contributed by atoms with Crippen LogP contribution in [0.3, 0.4) is 0 Å². The van der Waals surface area contributed by atoms with Crippen LogP contribution < -0.4 is 5.32 Å². The molecule has 1 aliphatic heterocycles. The molecular formula is C22H27N3O3. The van der Waals surface area contributed by atoms with Crippen molar-refractivity contribution in [2.24, 2.45) is 0 Å². The Morgan fingerprint density at radius 3 is 2.57 bits per heavy atom. The number of hydrogen-bond acceptors (Lipinski definition) is 4. The lowest BCUT2D eigenvalue weighted by Crippen LogP contribution is -2.63. The van der Waals surface area contributed by atoms with E-state index in [9.17, 15) is 9.59 Å². The number of nitrogens with zero attached hydrogens (tertiary/aromatic N) is 2. The van der Waals surface area contributed by atoms with Crippen molar-refractivity contribution in [3.05, 3.63) is 42.2 Å². The molecule has 6 heteroatoms. The zero-order chi connectivity index (χ0) is 19.8. The van der Waals surface area contributed by atoms with Crippen LogP contribution in [0.1, 0.15) is 51.7 Å². The lowest BCUT2D eigenvalue weighted by atomic mass is 9.77. The van der Waals surface area contributed by atoms with Gasteiger partial charge in [-0.15, -0.1) is 0 Å². The maximum Gasteiger partial charge on any atom is 0.246 e. The van der Waals surface area contributed by atoms with E-state index in [0.29, 0.717) is 25.1 Å². The summed E-state index contributed by atoms with van der Waals surface area (Å²) in [6, 6.07) is 11.7. The van der Waals surface area contributed by atoms with Gasteiger partial charge >= 0.3 is 0 Å². The molecule has 2 amide bonds. The summed E-state index contributed by atoms with van der Waals surface area (Å²) in [5.74, 6) is 0.482. The van der Waals surface area contributed by atoms with Crippen molar-refractivity contribution in [3.63, 3.8) is 0 Å². The fourth-order valence-corrected chi connectivity index (χ4v) is 4.49. The molecule has 0 radical (unpaired) electrons. The Balaban J connectivity index is 1.62. The Labute approximate surface area is 165 Å². The molecule has 148 valence electrons. The second-order valence-electron chi connectivity index (χ2n) is 8.40. The normalized spacial score (nSPS) is 23.3. The average molecular weight is 381 g/mol. The predicted molar refractivity (Wildman–Crippen MR) is 105 cm³/mol. The first kappa shape index (κ1) is 18.7. The van der Waals surface area contributed by atoms with E-state index < -0.39 is 5.54 Å². The van der Waals surface area contributed by atoms with Gasteiger partial charge in [0.2, 0.25) is 11.8 Å². The summed E-state index contributed by atoms with van der Waals surface area (Å²) in [5, 5.41) is 7.40. The summed E-state index contributed by atoms with van der Waals surface area (Å²) in [6.07, 6.45) is 4.88. The van der Waals surface area contributed by atoms with Crippen LogP contribution in [0.4, 0.5) is 0 Å². The van der Waals surface area contributed by atoms with Crippen molar-refractivity contribution < 1.29 is 14.1 Å². The van der Waals surface area contributed by atoms with E-state index >= 15 is 0 Å². The Bertz CT molecular complexity index is 872. The first-order valence-corrected chi connectivity index (χ1v) is 10.0. The van der Waals surface area contributed by atoms with Gasteiger partial charge in [-0.25, -0.2) is 0 Å². The van der Waals surface area contributed by atoms with Crippen LogP contribution in [0, 0.1) is 0 Å². The Morgan fingerprint density at radius 1 is 1.18 bits per heavy atom. The minimum absolute atomic E-state index is 0.0694. The van der Waals surface area contributed by atoms with Crippen LogP contribution in [-0.4, -0.2) is 39.5 Å². The van der Waals surface area contributed by atoms with Gasteiger partial charge in [-0.2, -0.15) is 0 Å². The van der Waals surface area contributed by atoms with Gasteiger partial charge in [-0.3, -0.25) is 9.59 Å². The van der Waals surface area contributed by atoms with E-state index in [1.807, 2.05) is 36.4 Å². The van der Waals surface area contributed by atoms with E-state index in [2.05, 4.69) is 17.4 Å². The zero-order valence-electron chi connectivity index (χ0n) is 16.5. The topological polar surface area (TPSA) is 75.4 Å². The first-order chi connectivity index (χ1) is 13.4. The van der Waals surface area contributed by atoms with Gasteiger partial charge in [-0.1, -0.05) is 35.5 Å². The number of amides is 2. The van der Waals surface area contributed by atoms with E-state index in [4.69, 9.17) is 4.52 Å². The Hall–Kier alpha value is -2.63. The van der Waals surface area contributed by atoms with Crippen LogP contribution in [0.15, 0.2) is 40.9 Å². The largest absolute Gasteiger partial charge is 0.361 e. The quantitative estimate of drug-likeness (QED) is 0.862. The second kappa shape index (κ2) is 7.08. The minimum atomic E-state index is -0.905. The minimum Gasteiger partial charge on any atom is -0.361 e. The maximum atomic E-state index is 13.4. The third-order valence-electron chi connectivity index (χ3n) is 6.26. The third kappa shape index (κ3) is 3.32. The molecule has 0 spiro atoms. The van der Waals surface area contributed by atoms with Gasteiger partial charge in [-0.05, 0) is 39.0 Å². The molecule has 1 atom stereocenters. The number of carbonyl (C=O) groups is 2. The van der Waals surface area contributed by atoms with Crippen LogP contribution >= 0.6 is 0 Å². The average Bonchev–Trinajstić information content (AvgIpc) is 3.29. The molecule has 1 aromatic carbocycles. The highest BCUT2D eigenvalue weighted by Gasteiger charge is 2.51. The molecule has 2 aliphatic rings. The molecular weight excluding hydrogens is 354 g/mol. The predicted octanol–water partition coefficient (Wildman–Crippen LogP) is 3.32. The summed E-state index contributed by atoms with van der Waals surface area (Å²) in [6.45, 7) is 4.21. The lowest BCUT2D eigenvalue weighted by molar-refractivity contribution is -0.145. The molecule has 1 aromatic heterocycles. The fourth-order valence-electron chi connectivity index (χ4n) is 4.49. The molecule has 1 saturated carbocycles. The highest BCUT2D eigenvalue weighted by atomic mass is 16.5. The number of carbonyl (C=O) groups excluding carboxylic acids is 2. The molecule has 1 aliphatic carbocycles. The first-order valence-electron chi connectivity index (χ1n) is 10.0. The summed E-state index contributed by atoms with van der Waals surface area (Å²) < 4.78 is 5.59. The van der Waals surface area contributed by atoms with Gasteiger partial charge in [0.05, 0.1) is 0 Å². The number of aromatic nitrogens is 1. The van der Waals surface area contributed by atoms with Crippen LogP contribution in [0.2, 0.25) is 0 Å². The van der Waals surface area contributed by atoms with Crippen molar-refractivity contribution in [1.82, 2.24) is 15.4 Å². The molecule has 28 heavy (non-hydrogen) atoms. The smallest absolute Gasteiger partial charge is 0.246 e. The Morgan fingerprint density at radius 2 is 1.93 bits per heavy atom. The summed E-state index contributed by atoms with van der Waals surface area (Å²) >= 11 is 0. The highest BCUT2D eigenvalue weighted by Crippen LogP contribution is 2.37. The van der Waals surface area contributed by atoms with Gasteiger partial charge in [0.25, 0.3) is 0 Å². The van der Waals surface area contributed by atoms with Crippen molar-refractivity contribution in [2.45, 2.75) is 63.5 Å². The summed E-state index contributed by atoms with van der Waals surface area (Å²) in [5.41, 5.74) is 0.640. The van der Waals surface area contributed by atoms with Gasteiger partial charge in [0, 0.05) is 37.1 Å². The third-order valence-corrected chi connectivity index (χ3v) is 6.26. The van der Waals surface area contributed by atoms with Crippen molar-refractivity contribution in [3.8, 4) is 11.3 Å². The molecule has 2 heterocycles. The van der Waals surface area contributed by atoms with E-state index in [0.717, 1.165) is 36.9 Å². The molecule has 1 saturated heterocycles. The highest BCUT2D eigenvalue weighted by molar-refractivity contribution is 5.92. The van der Waals surface area contributed by atoms with Gasteiger partial charge in [0.1, 0.15) is 17.0 Å². The van der Waals surface area contributed by atoms with Crippen molar-refractivity contribution >= 4 is 11.8 Å². The summed E-state index contributed by atoms with van der Waals surface area (Å²) in [4.78, 5) is 27.5. The number of likely N-dealkylation sites (tertiary alicyclic amines) is 1. The number of nitrogens with one attached hydrogen (secondary N) is 1. The van der Waals surface area contributed by atoms with Crippen molar-refractivity contribution in [1.29, 1.82) is 0 Å². The zero-order valence-corrected chi connectivity index (χ0v) is 16.5. The second-order valence-corrected chi connectivity index (χ2v) is 8.40. The van der Waals surface area contributed by atoms with Crippen LogP contribution in [0.5, 0.6) is 0 Å². The standard InChI is InChI=1S/C22H27N3O3/c1-16(26)25-13-7-12-22(25,20(27)23-21(2)10-6-11-21)15-18-14-19(24-28-18)17-8-4-3-5-9-17/h3-5,8-9,14H,6-7,10-13,15H2,1-2H3,(H,23,27)/t22-/m0/s1. The molecule has 2 aromatic rings. The SMILES string of the molecule is CC(=O)N1CCC[C@]1(Cc1cc(-c2ccccc2)no1)C(=O)NC1(C)CCC1. The van der Waals surface area contributed by atoms with Crippen molar-refractivity contribution in [2.75, 3.05) is 6.54 Å². The van der Waals surface area contributed by atoms with E-state index in [-0.39, 0.29) is 17.4 Å². The van der Waals surface area contributed by atoms with Gasteiger partial charge in [0.15, 0.2) is 0 Å². The van der Waals surface area contributed by atoms with Crippen LogP contribution in [-0.2, 0) is 16.0 Å². The number of benzene rings is 1. The van der Waals surface area contributed by atoms with E-state index in [1.165, 1.54) is 6.92 Å². The fraction of sp³-hybridized carbons (Fsp3) is 0.500. The lowest BCUT2D eigenvalue weighted by Gasteiger charge is -2.44. The molecule has 4 rings (SSSR count). The molecule has 1 N–H and O–H groups in total. The molecule has 2 fully saturated rings. The molecule has 0 bridgehead atoms. The summed E-state index contributed by atoms with van der Waals surface area (Å²) in [7, 11) is 0. The van der Waals surface area contributed by atoms with Gasteiger partial charge < -0.3 is 14.7 Å². The van der Waals surface area contributed by atoms with E-state index in [1.54, 1.807) is 4.90 Å².